The Balaban J connectivity index is 1.98. The van der Waals surface area contributed by atoms with E-state index in [0.717, 1.165) is 0 Å². The molecule has 1 fully saturated rings. The summed E-state index contributed by atoms with van der Waals surface area (Å²) in [6.07, 6.45) is 1.69. The molecule has 0 radical (unpaired) electrons. The number of ether oxygens (including phenoxy) is 2. The molecule has 0 bridgehead atoms. The summed E-state index contributed by atoms with van der Waals surface area (Å²) in [4.78, 5) is 0. The van der Waals surface area contributed by atoms with Gasteiger partial charge >= 0.3 is 64.6 Å². The first-order valence-electron chi connectivity index (χ1n) is 2.58. The van der Waals surface area contributed by atoms with E-state index in [4.69, 9.17) is 13.4 Å². The van der Waals surface area contributed by atoms with Crippen LogP contribution in [-0.4, -0.2) is 17.0 Å². The SMILES string of the molecule is C=CCOC1OC1[I-]N. The van der Waals surface area contributed by atoms with Crippen molar-refractivity contribution in [1.82, 2.24) is 0 Å². The van der Waals surface area contributed by atoms with Gasteiger partial charge in [0, 0.05) is 0 Å². The molecule has 1 rings (SSSR count). The fourth-order valence-corrected chi connectivity index (χ4v) is 1.46. The molecule has 4 heteroatoms. The van der Waals surface area contributed by atoms with Crippen LogP contribution < -0.4 is 25.4 Å². The third-order valence-electron chi connectivity index (χ3n) is 0.904. The van der Waals surface area contributed by atoms with Crippen LogP contribution in [-0.2, 0) is 9.47 Å². The van der Waals surface area contributed by atoms with E-state index in [1.807, 2.05) is 0 Å². The minimum absolute atomic E-state index is 0.0131. The van der Waals surface area contributed by atoms with Gasteiger partial charge in [-0.05, 0) is 0 Å². The molecule has 0 saturated carbocycles. The molecule has 0 amide bonds. The number of epoxide rings is 1. The maximum atomic E-state index is 5.38. The Kier molecular flexibility index (Phi) is 2.90. The second kappa shape index (κ2) is 3.50. The van der Waals surface area contributed by atoms with E-state index in [9.17, 15) is 0 Å². The monoisotopic (exact) mass is 242 g/mol. The summed E-state index contributed by atoms with van der Waals surface area (Å²) in [6.45, 7) is 4.07. The van der Waals surface area contributed by atoms with E-state index < -0.39 is 0 Å². The zero-order valence-electron chi connectivity index (χ0n) is 4.92. The van der Waals surface area contributed by atoms with Crippen LogP contribution in [0.3, 0.4) is 0 Å². The van der Waals surface area contributed by atoms with Crippen molar-refractivity contribution in [1.29, 1.82) is 0 Å². The van der Waals surface area contributed by atoms with Gasteiger partial charge in [0.2, 0.25) is 0 Å². The Morgan fingerprint density at radius 3 is 3.11 bits per heavy atom. The zero-order valence-corrected chi connectivity index (χ0v) is 7.08. The van der Waals surface area contributed by atoms with Gasteiger partial charge < -0.3 is 0 Å². The molecule has 1 saturated heterocycles. The van der Waals surface area contributed by atoms with Gasteiger partial charge in [0.05, 0.1) is 0 Å². The normalized spacial score (nSPS) is 32.6. The molecule has 2 atom stereocenters. The van der Waals surface area contributed by atoms with Gasteiger partial charge in [-0.1, -0.05) is 0 Å². The fraction of sp³-hybridized carbons (Fsp3) is 0.600. The predicted octanol–water partition coefficient (Wildman–Crippen LogP) is -3.17. The Bertz CT molecular complexity index is 109. The van der Waals surface area contributed by atoms with E-state index in [1.54, 1.807) is 6.08 Å². The molecule has 0 aromatic rings. The van der Waals surface area contributed by atoms with Crippen LogP contribution in [0.1, 0.15) is 0 Å². The van der Waals surface area contributed by atoms with Crippen molar-refractivity contribution in [2.24, 2.45) is 3.95 Å². The fourth-order valence-electron chi connectivity index (χ4n) is 0.450. The van der Waals surface area contributed by atoms with E-state index in [1.165, 1.54) is 0 Å². The number of halogens is 1. The van der Waals surface area contributed by atoms with Crippen LogP contribution >= 0.6 is 0 Å². The molecule has 54 valence electrons. The molecule has 1 aliphatic rings. The van der Waals surface area contributed by atoms with Crippen LogP contribution in [0.4, 0.5) is 0 Å². The van der Waals surface area contributed by atoms with Crippen LogP contribution in [0.15, 0.2) is 12.7 Å². The van der Waals surface area contributed by atoms with Gasteiger partial charge in [0.25, 0.3) is 0 Å². The van der Waals surface area contributed by atoms with Crippen molar-refractivity contribution in [2.45, 2.75) is 10.4 Å². The Labute approximate surface area is 64.8 Å². The van der Waals surface area contributed by atoms with Crippen LogP contribution in [0.5, 0.6) is 0 Å². The van der Waals surface area contributed by atoms with Gasteiger partial charge in [-0.3, -0.25) is 0 Å². The van der Waals surface area contributed by atoms with Crippen molar-refractivity contribution in [3.8, 4) is 0 Å². The van der Waals surface area contributed by atoms with Crippen molar-refractivity contribution < 1.29 is 31.0 Å². The van der Waals surface area contributed by atoms with E-state index in [2.05, 4.69) is 6.58 Å². The molecule has 1 aliphatic heterocycles. The van der Waals surface area contributed by atoms with Crippen molar-refractivity contribution >= 4 is 0 Å². The van der Waals surface area contributed by atoms with Gasteiger partial charge in [0.15, 0.2) is 0 Å². The van der Waals surface area contributed by atoms with E-state index >= 15 is 0 Å². The van der Waals surface area contributed by atoms with E-state index in [-0.39, 0.29) is 31.9 Å². The first-order chi connectivity index (χ1) is 4.38. The summed E-state index contributed by atoms with van der Waals surface area (Å²) in [6, 6.07) is 0. The van der Waals surface area contributed by atoms with Crippen molar-refractivity contribution in [3.05, 3.63) is 12.7 Å². The minimum atomic E-state index is -0.281. The topological polar surface area (TPSA) is 47.8 Å². The molecule has 0 aromatic carbocycles. The molecule has 0 aliphatic carbocycles. The standard InChI is InChI=1S/C5H9INO2/c1-2-3-8-5-4(6-7)9-5/h2,4-5H,1,3,7H2/q-1. The predicted molar refractivity (Wildman–Crippen MR) is 29.0 cm³/mol. The molecule has 3 nitrogen and oxygen atoms in total. The number of rotatable bonds is 4. The first kappa shape index (κ1) is 7.46. The molecule has 1 heterocycles. The van der Waals surface area contributed by atoms with Gasteiger partial charge in [0.1, 0.15) is 0 Å². The summed E-state index contributed by atoms with van der Waals surface area (Å²) in [5.74, 6) is 0. The Hall–Kier alpha value is 0.350. The molecular weight excluding hydrogens is 233 g/mol. The van der Waals surface area contributed by atoms with Crippen LogP contribution in [0.25, 0.3) is 0 Å². The molecular formula is C5H9INO2-. The molecule has 9 heavy (non-hydrogen) atoms. The summed E-state index contributed by atoms with van der Waals surface area (Å²) >= 11 is -0.281. The summed E-state index contributed by atoms with van der Waals surface area (Å²) in [5.41, 5.74) is 0. The third-order valence-corrected chi connectivity index (χ3v) is 2.49. The Morgan fingerprint density at radius 2 is 2.67 bits per heavy atom. The van der Waals surface area contributed by atoms with Crippen molar-refractivity contribution in [2.75, 3.05) is 6.61 Å². The molecule has 0 spiro atoms. The number of nitrogens with two attached hydrogens (primary N) is 1. The third kappa shape index (κ3) is 2.21. The average molecular weight is 242 g/mol. The number of hydrogen-bond acceptors (Lipinski definition) is 3. The second-order valence-corrected chi connectivity index (χ2v) is 3.55. The van der Waals surface area contributed by atoms with Gasteiger partial charge in [-0.15, -0.1) is 0 Å². The molecule has 0 aromatic heterocycles. The summed E-state index contributed by atoms with van der Waals surface area (Å²) in [7, 11) is 0. The van der Waals surface area contributed by atoms with E-state index in [0.29, 0.717) is 6.61 Å². The van der Waals surface area contributed by atoms with Crippen LogP contribution in [0, 0.1) is 0 Å². The zero-order chi connectivity index (χ0) is 6.69. The Morgan fingerprint density at radius 1 is 1.89 bits per heavy atom. The first-order valence-corrected chi connectivity index (χ1v) is 5.07. The maximum absolute atomic E-state index is 5.38. The van der Waals surface area contributed by atoms with Crippen molar-refractivity contribution in [3.63, 3.8) is 0 Å². The van der Waals surface area contributed by atoms with Gasteiger partial charge in [-0.25, -0.2) is 0 Å². The summed E-state index contributed by atoms with van der Waals surface area (Å²) in [5, 5.41) is 0. The number of alkyl halides is 1. The molecule has 2 N–H and O–H groups in total. The number of hydrogen-bond donors (Lipinski definition) is 1. The quantitative estimate of drug-likeness (QED) is 0.186. The van der Waals surface area contributed by atoms with Crippen LogP contribution in [0.2, 0.25) is 0 Å². The molecule has 2 unspecified atom stereocenters. The van der Waals surface area contributed by atoms with Gasteiger partial charge in [-0.2, -0.15) is 0 Å². The second-order valence-electron chi connectivity index (χ2n) is 1.60. The summed E-state index contributed by atoms with van der Waals surface area (Å²) < 4.78 is 15.7. The average Bonchev–Trinajstić information content (AvgIpc) is 2.62.